The van der Waals surface area contributed by atoms with Crippen LogP contribution in [0.25, 0.3) is 0 Å². The van der Waals surface area contributed by atoms with Crippen molar-refractivity contribution < 1.29 is 18.4 Å². The van der Waals surface area contributed by atoms with E-state index in [1.165, 1.54) is 6.07 Å². The first-order valence-electron chi connectivity index (χ1n) is 8.62. The minimum Gasteiger partial charge on any atom is -0.338 e. The monoisotopic (exact) mass is 353 g/mol. The lowest BCUT2D eigenvalue weighted by atomic mass is 10.0. The average molecular weight is 353 g/mol. The molecule has 1 heterocycles. The smallest absolute Gasteiger partial charge is 0.315 e. The zero-order valence-electron chi connectivity index (χ0n) is 14.8. The average Bonchev–Trinajstić information content (AvgIpc) is 2.56. The summed E-state index contributed by atoms with van der Waals surface area (Å²) in [5, 5.41) is 5.25. The summed E-state index contributed by atoms with van der Waals surface area (Å²) in [6.45, 7) is 6.02. The Morgan fingerprint density at radius 3 is 2.52 bits per heavy atom. The van der Waals surface area contributed by atoms with E-state index in [1.54, 1.807) is 18.7 Å². The number of carbonyl (C=O) groups is 2. The van der Waals surface area contributed by atoms with Crippen LogP contribution in [0.1, 0.15) is 51.6 Å². The highest BCUT2D eigenvalue weighted by Crippen LogP contribution is 2.18. The molecule has 1 aromatic carbocycles. The van der Waals surface area contributed by atoms with Gasteiger partial charge < -0.3 is 15.5 Å². The molecule has 7 heteroatoms. The molecule has 1 aliphatic rings. The largest absolute Gasteiger partial charge is 0.338 e. The summed E-state index contributed by atoms with van der Waals surface area (Å²) in [4.78, 5) is 26.4. The van der Waals surface area contributed by atoms with Gasteiger partial charge >= 0.3 is 6.03 Å². The number of nitrogens with zero attached hydrogens (tertiary/aromatic N) is 1. The number of halogens is 2. The molecular formula is C18H25F2N3O2. The molecule has 1 saturated heterocycles. The third kappa shape index (κ3) is 4.90. The Hall–Kier alpha value is -2.18. The van der Waals surface area contributed by atoms with E-state index in [0.717, 1.165) is 31.4 Å². The van der Waals surface area contributed by atoms with Crippen molar-refractivity contribution in [2.75, 3.05) is 6.54 Å². The number of likely N-dealkylation sites (tertiary alicyclic amines) is 1. The molecule has 0 saturated carbocycles. The summed E-state index contributed by atoms with van der Waals surface area (Å²) in [6.07, 6.45) is 3.05. The molecule has 0 bridgehead atoms. The van der Waals surface area contributed by atoms with Gasteiger partial charge in [-0.25, -0.2) is 13.6 Å². The second-order valence-corrected chi connectivity index (χ2v) is 6.61. The number of urea groups is 1. The lowest BCUT2D eigenvalue weighted by Gasteiger charge is -2.35. The standard InChI is InChI=1S/C18H25F2N3O2/c1-11-6-4-5-9-23(11)17(24)13(3)22-18(25)21-12(2)14-7-8-15(19)16(20)10-14/h7-8,10-13H,4-6,9H2,1-3H3,(H2,21,22,25). The van der Waals surface area contributed by atoms with E-state index in [4.69, 9.17) is 0 Å². The first-order valence-corrected chi connectivity index (χ1v) is 8.62. The lowest BCUT2D eigenvalue weighted by Crippen LogP contribution is -2.53. The van der Waals surface area contributed by atoms with Crippen molar-refractivity contribution >= 4 is 11.9 Å². The molecule has 1 aliphatic heterocycles. The molecular weight excluding hydrogens is 328 g/mol. The van der Waals surface area contributed by atoms with Crippen LogP contribution in [0.4, 0.5) is 13.6 Å². The van der Waals surface area contributed by atoms with Gasteiger partial charge in [0, 0.05) is 12.6 Å². The van der Waals surface area contributed by atoms with Gasteiger partial charge in [0.05, 0.1) is 6.04 Å². The highest BCUT2D eigenvalue weighted by molar-refractivity contribution is 5.87. The molecule has 25 heavy (non-hydrogen) atoms. The van der Waals surface area contributed by atoms with Crippen molar-refractivity contribution in [2.24, 2.45) is 0 Å². The van der Waals surface area contributed by atoms with E-state index in [9.17, 15) is 18.4 Å². The molecule has 3 amide bonds. The Labute approximate surface area is 146 Å². The first-order chi connectivity index (χ1) is 11.8. The molecule has 3 atom stereocenters. The number of carbonyl (C=O) groups excluding carboxylic acids is 2. The predicted octanol–water partition coefficient (Wildman–Crippen LogP) is 3.11. The summed E-state index contributed by atoms with van der Waals surface area (Å²) < 4.78 is 26.3. The number of amides is 3. The number of hydrogen-bond donors (Lipinski definition) is 2. The summed E-state index contributed by atoms with van der Waals surface area (Å²) in [6, 6.07) is 1.95. The summed E-state index contributed by atoms with van der Waals surface area (Å²) in [5.41, 5.74) is 0.442. The summed E-state index contributed by atoms with van der Waals surface area (Å²) in [5.74, 6) is -2.01. The first kappa shape index (κ1) is 19.1. The van der Waals surface area contributed by atoms with Crippen molar-refractivity contribution in [3.05, 3.63) is 35.4 Å². The van der Waals surface area contributed by atoms with Gasteiger partial charge in [0.1, 0.15) is 6.04 Å². The maximum Gasteiger partial charge on any atom is 0.315 e. The third-order valence-electron chi connectivity index (χ3n) is 4.60. The molecule has 0 radical (unpaired) electrons. The van der Waals surface area contributed by atoms with Crippen LogP contribution in [0.2, 0.25) is 0 Å². The predicted molar refractivity (Wildman–Crippen MR) is 90.9 cm³/mol. The molecule has 2 rings (SSSR count). The molecule has 0 aromatic heterocycles. The van der Waals surface area contributed by atoms with Gasteiger partial charge in [-0.05, 0) is 57.7 Å². The topological polar surface area (TPSA) is 61.4 Å². The van der Waals surface area contributed by atoms with Gasteiger partial charge in [0.2, 0.25) is 5.91 Å². The number of rotatable bonds is 4. The Morgan fingerprint density at radius 1 is 1.16 bits per heavy atom. The second kappa shape index (κ2) is 8.27. The normalized spacial score (nSPS) is 19.9. The fraction of sp³-hybridized carbons (Fsp3) is 0.556. The van der Waals surface area contributed by atoms with Crippen LogP contribution in [0, 0.1) is 11.6 Å². The van der Waals surface area contributed by atoms with Crippen LogP contribution in [0.15, 0.2) is 18.2 Å². The van der Waals surface area contributed by atoms with Crippen LogP contribution in [0.3, 0.4) is 0 Å². The quantitative estimate of drug-likeness (QED) is 0.874. The highest BCUT2D eigenvalue weighted by Gasteiger charge is 2.28. The third-order valence-corrected chi connectivity index (χ3v) is 4.60. The number of benzene rings is 1. The van der Waals surface area contributed by atoms with E-state index < -0.39 is 29.7 Å². The molecule has 3 unspecified atom stereocenters. The summed E-state index contributed by atoms with van der Waals surface area (Å²) in [7, 11) is 0. The fourth-order valence-electron chi connectivity index (χ4n) is 3.04. The molecule has 0 spiro atoms. The Kier molecular flexibility index (Phi) is 6.33. The van der Waals surface area contributed by atoms with Crippen LogP contribution >= 0.6 is 0 Å². The molecule has 138 valence electrons. The summed E-state index contributed by atoms with van der Waals surface area (Å²) >= 11 is 0. The van der Waals surface area contributed by atoms with E-state index in [0.29, 0.717) is 12.1 Å². The van der Waals surface area contributed by atoms with Gasteiger partial charge in [-0.15, -0.1) is 0 Å². The number of hydrogen-bond acceptors (Lipinski definition) is 2. The van der Waals surface area contributed by atoms with E-state index in [1.807, 2.05) is 6.92 Å². The van der Waals surface area contributed by atoms with Crippen LogP contribution in [0.5, 0.6) is 0 Å². The van der Waals surface area contributed by atoms with E-state index in [-0.39, 0.29) is 11.9 Å². The van der Waals surface area contributed by atoms with Crippen LogP contribution in [-0.4, -0.2) is 35.5 Å². The molecule has 1 fully saturated rings. The Balaban J connectivity index is 1.90. The van der Waals surface area contributed by atoms with Crippen LogP contribution < -0.4 is 10.6 Å². The molecule has 1 aromatic rings. The fourth-order valence-corrected chi connectivity index (χ4v) is 3.04. The molecule has 0 aliphatic carbocycles. The van der Waals surface area contributed by atoms with Crippen LogP contribution in [-0.2, 0) is 4.79 Å². The van der Waals surface area contributed by atoms with Crippen molar-refractivity contribution in [1.82, 2.24) is 15.5 Å². The Bertz CT molecular complexity index is 639. The van der Waals surface area contributed by atoms with Crippen molar-refractivity contribution in [1.29, 1.82) is 0 Å². The molecule has 2 N–H and O–H groups in total. The highest BCUT2D eigenvalue weighted by atomic mass is 19.2. The van der Waals surface area contributed by atoms with Gasteiger partial charge in [-0.1, -0.05) is 6.07 Å². The van der Waals surface area contributed by atoms with Gasteiger partial charge in [-0.2, -0.15) is 0 Å². The maximum absolute atomic E-state index is 13.3. The SMILES string of the molecule is CC(NC(=O)NC(C)c1ccc(F)c(F)c1)C(=O)N1CCCCC1C. The van der Waals surface area contributed by atoms with Gasteiger partial charge in [-0.3, -0.25) is 4.79 Å². The number of piperidine rings is 1. The van der Waals surface area contributed by atoms with E-state index in [2.05, 4.69) is 10.6 Å². The maximum atomic E-state index is 13.3. The van der Waals surface area contributed by atoms with Crippen molar-refractivity contribution in [3.8, 4) is 0 Å². The second-order valence-electron chi connectivity index (χ2n) is 6.61. The van der Waals surface area contributed by atoms with Crippen molar-refractivity contribution in [2.45, 2.75) is 58.2 Å². The van der Waals surface area contributed by atoms with Crippen molar-refractivity contribution in [3.63, 3.8) is 0 Å². The zero-order valence-corrected chi connectivity index (χ0v) is 14.8. The van der Waals surface area contributed by atoms with Gasteiger partial charge in [0.15, 0.2) is 11.6 Å². The lowest BCUT2D eigenvalue weighted by molar-refractivity contribution is -0.136. The minimum absolute atomic E-state index is 0.108. The Morgan fingerprint density at radius 2 is 1.88 bits per heavy atom. The molecule has 5 nitrogen and oxygen atoms in total. The van der Waals surface area contributed by atoms with Gasteiger partial charge in [0.25, 0.3) is 0 Å². The zero-order chi connectivity index (χ0) is 18.6. The van der Waals surface area contributed by atoms with E-state index >= 15 is 0 Å². The minimum atomic E-state index is -0.964. The number of nitrogens with one attached hydrogen (secondary N) is 2.